The molecule has 0 unspecified atom stereocenters. The molecule has 0 spiro atoms. The first-order valence-corrected chi connectivity index (χ1v) is 8.22. The topological polar surface area (TPSA) is 124 Å². The highest BCUT2D eigenvalue weighted by Gasteiger charge is 2.23. The normalized spacial score (nSPS) is 14.1. The van der Waals surface area contributed by atoms with E-state index < -0.39 is 10.9 Å². The quantitative estimate of drug-likeness (QED) is 0.622. The van der Waals surface area contributed by atoms with Gasteiger partial charge in [-0.15, -0.1) is 0 Å². The van der Waals surface area contributed by atoms with Crippen LogP contribution in [0.1, 0.15) is 20.7 Å². The Morgan fingerprint density at radius 1 is 1.00 bits per heavy atom. The lowest BCUT2D eigenvalue weighted by molar-refractivity contribution is -0.384. The number of piperazine rings is 1. The van der Waals surface area contributed by atoms with Crippen LogP contribution < -0.4 is 4.90 Å². The maximum Gasteiger partial charge on any atom is 0.339 e. The van der Waals surface area contributed by atoms with E-state index in [1.54, 1.807) is 11.0 Å². The zero-order chi connectivity index (χ0) is 19.6. The molecule has 1 aliphatic rings. The average molecular weight is 371 g/mol. The van der Waals surface area contributed by atoms with Gasteiger partial charge in [0.15, 0.2) is 0 Å². The lowest BCUT2D eigenvalue weighted by Gasteiger charge is -2.36. The number of aromatic hydroxyl groups is 1. The van der Waals surface area contributed by atoms with Crippen LogP contribution >= 0.6 is 0 Å². The molecule has 1 aliphatic heterocycles. The minimum atomic E-state index is -1.21. The van der Waals surface area contributed by atoms with Crippen molar-refractivity contribution in [2.24, 2.45) is 0 Å². The van der Waals surface area contributed by atoms with E-state index in [1.165, 1.54) is 36.4 Å². The molecule has 1 heterocycles. The summed E-state index contributed by atoms with van der Waals surface area (Å²) in [7, 11) is 0. The predicted molar refractivity (Wildman–Crippen MR) is 96.3 cm³/mol. The van der Waals surface area contributed by atoms with Crippen molar-refractivity contribution in [2.45, 2.75) is 0 Å². The Morgan fingerprint density at radius 3 is 2.19 bits per heavy atom. The second-order valence-corrected chi connectivity index (χ2v) is 6.09. The molecule has 0 atom stereocenters. The molecular formula is C18H17N3O6. The maximum atomic E-state index is 12.5. The number of rotatable bonds is 4. The van der Waals surface area contributed by atoms with Gasteiger partial charge in [-0.05, 0) is 30.3 Å². The summed E-state index contributed by atoms with van der Waals surface area (Å²) in [5.41, 5.74) is 0.800. The molecule has 3 rings (SSSR count). The minimum Gasteiger partial charge on any atom is -0.507 e. The number of amides is 1. The number of carbonyl (C=O) groups excluding carboxylic acids is 1. The summed E-state index contributed by atoms with van der Waals surface area (Å²) in [5.74, 6) is -1.71. The molecule has 2 N–H and O–H groups in total. The highest BCUT2D eigenvalue weighted by molar-refractivity contribution is 5.94. The summed E-state index contributed by atoms with van der Waals surface area (Å²) in [6.45, 7) is 1.86. The summed E-state index contributed by atoms with van der Waals surface area (Å²) < 4.78 is 0. The Kier molecular flexibility index (Phi) is 4.93. The third-order valence-electron chi connectivity index (χ3n) is 4.47. The van der Waals surface area contributed by atoms with Gasteiger partial charge < -0.3 is 20.0 Å². The van der Waals surface area contributed by atoms with Crippen LogP contribution in [0.15, 0.2) is 42.5 Å². The number of nitrogens with zero attached hydrogens (tertiary/aromatic N) is 3. The van der Waals surface area contributed by atoms with Crippen LogP contribution in [-0.2, 0) is 0 Å². The maximum absolute atomic E-state index is 12.5. The largest absolute Gasteiger partial charge is 0.507 e. The van der Waals surface area contributed by atoms with E-state index in [-0.39, 0.29) is 22.9 Å². The Balaban J connectivity index is 1.66. The fourth-order valence-electron chi connectivity index (χ4n) is 2.97. The first kappa shape index (κ1) is 18.2. The minimum absolute atomic E-state index is 0.0714. The van der Waals surface area contributed by atoms with Gasteiger partial charge in [0.1, 0.15) is 11.3 Å². The lowest BCUT2D eigenvalue weighted by atomic mass is 10.1. The monoisotopic (exact) mass is 371 g/mol. The SMILES string of the molecule is O=C(O)c1cc(N2CCN(C(=O)c3ccc([N+](=O)[O-])cc3)CC2)ccc1O. The van der Waals surface area contributed by atoms with Crippen LogP contribution in [0.2, 0.25) is 0 Å². The van der Waals surface area contributed by atoms with Crippen molar-refractivity contribution in [3.63, 3.8) is 0 Å². The third-order valence-corrected chi connectivity index (χ3v) is 4.47. The number of nitro groups is 1. The van der Waals surface area contributed by atoms with Gasteiger partial charge >= 0.3 is 5.97 Å². The number of hydrogen-bond donors (Lipinski definition) is 2. The molecule has 1 fully saturated rings. The Morgan fingerprint density at radius 2 is 1.63 bits per heavy atom. The number of carboxylic acid groups (broad SMARTS) is 1. The lowest BCUT2D eigenvalue weighted by Crippen LogP contribution is -2.48. The summed E-state index contributed by atoms with van der Waals surface area (Å²) in [5, 5.41) is 29.4. The molecule has 0 bridgehead atoms. The van der Waals surface area contributed by atoms with Crippen LogP contribution in [0.3, 0.4) is 0 Å². The van der Waals surface area contributed by atoms with E-state index in [9.17, 15) is 24.8 Å². The van der Waals surface area contributed by atoms with Gasteiger partial charge in [0.25, 0.3) is 11.6 Å². The fraction of sp³-hybridized carbons (Fsp3) is 0.222. The van der Waals surface area contributed by atoms with Crippen LogP contribution in [0.25, 0.3) is 0 Å². The van der Waals surface area contributed by atoms with E-state index in [0.717, 1.165) is 0 Å². The third kappa shape index (κ3) is 3.81. The summed E-state index contributed by atoms with van der Waals surface area (Å²) in [6.07, 6.45) is 0. The molecule has 140 valence electrons. The molecule has 1 saturated heterocycles. The van der Waals surface area contributed by atoms with E-state index in [2.05, 4.69) is 0 Å². The molecule has 0 aliphatic carbocycles. The number of phenols is 1. The Bertz CT molecular complexity index is 888. The number of anilines is 1. The Hall–Kier alpha value is -3.62. The molecule has 9 heteroatoms. The molecule has 0 radical (unpaired) electrons. The van der Waals surface area contributed by atoms with Gasteiger partial charge in [0.05, 0.1) is 4.92 Å². The van der Waals surface area contributed by atoms with Crippen molar-refractivity contribution in [1.29, 1.82) is 0 Å². The molecule has 1 amide bonds. The van der Waals surface area contributed by atoms with Crippen molar-refractivity contribution in [2.75, 3.05) is 31.1 Å². The Labute approximate surface area is 154 Å². The van der Waals surface area contributed by atoms with Crippen molar-refractivity contribution < 1.29 is 24.7 Å². The number of non-ortho nitro benzene ring substituents is 1. The molecule has 2 aromatic rings. The van der Waals surface area contributed by atoms with Gasteiger partial charge in [-0.2, -0.15) is 0 Å². The first-order valence-electron chi connectivity index (χ1n) is 8.22. The second kappa shape index (κ2) is 7.32. The number of benzene rings is 2. The van der Waals surface area contributed by atoms with E-state index in [0.29, 0.717) is 37.4 Å². The van der Waals surface area contributed by atoms with E-state index in [1.807, 2.05) is 4.90 Å². The van der Waals surface area contributed by atoms with Crippen molar-refractivity contribution in [3.8, 4) is 5.75 Å². The van der Waals surface area contributed by atoms with Gasteiger partial charge in [-0.1, -0.05) is 0 Å². The van der Waals surface area contributed by atoms with Crippen molar-refractivity contribution in [3.05, 3.63) is 63.7 Å². The zero-order valence-electron chi connectivity index (χ0n) is 14.2. The highest BCUT2D eigenvalue weighted by atomic mass is 16.6. The van der Waals surface area contributed by atoms with Crippen LogP contribution in [-0.4, -0.2) is 58.1 Å². The fourth-order valence-corrected chi connectivity index (χ4v) is 2.97. The smallest absolute Gasteiger partial charge is 0.339 e. The van der Waals surface area contributed by atoms with Gasteiger partial charge in [0, 0.05) is 49.6 Å². The number of hydrogen-bond acceptors (Lipinski definition) is 6. The molecule has 27 heavy (non-hydrogen) atoms. The van der Waals surface area contributed by atoms with Crippen LogP contribution in [0, 0.1) is 10.1 Å². The highest BCUT2D eigenvalue weighted by Crippen LogP contribution is 2.25. The standard InChI is InChI=1S/C18H17N3O6/c22-16-6-5-14(11-15(16)18(24)25)19-7-9-20(10-8-19)17(23)12-1-3-13(4-2-12)21(26)27/h1-6,11,22H,7-10H2,(H,24,25). The molecule has 0 saturated carbocycles. The summed E-state index contributed by atoms with van der Waals surface area (Å²) in [6, 6.07) is 9.85. The number of nitro benzene ring substituents is 1. The van der Waals surface area contributed by atoms with Gasteiger partial charge in [-0.25, -0.2) is 4.79 Å². The van der Waals surface area contributed by atoms with E-state index >= 15 is 0 Å². The first-order chi connectivity index (χ1) is 12.9. The van der Waals surface area contributed by atoms with Crippen molar-refractivity contribution in [1.82, 2.24) is 4.90 Å². The number of carboxylic acids is 1. The molecule has 2 aromatic carbocycles. The number of aromatic carboxylic acids is 1. The number of carbonyl (C=O) groups is 2. The molecule has 9 nitrogen and oxygen atoms in total. The molecule has 0 aromatic heterocycles. The van der Waals surface area contributed by atoms with Crippen molar-refractivity contribution >= 4 is 23.3 Å². The van der Waals surface area contributed by atoms with Crippen LogP contribution in [0.5, 0.6) is 5.75 Å². The molecular weight excluding hydrogens is 354 g/mol. The van der Waals surface area contributed by atoms with E-state index in [4.69, 9.17) is 5.11 Å². The average Bonchev–Trinajstić information content (AvgIpc) is 2.68. The van der Waals surface area contributed by atoms with Crippen LogP contribution in [0.4, 0.5) is 11.4 Å². The predicted octanol–water partition coefficient (Wildman–Crippen LogP) is 1.96. The second-order valence-electron chi connectivity index (χ2n) is 6.09. The summed E-state index contributed by atoms with van der Waals surface area (Å²) in [4.78, 5) is 37.4. The van der Waals surface area contributed by atoms with Gasteiger partial charge in [0.2, 0.25) is 0 Å². The zero-order valence-corrected chi connectivity index (χ0v) is 14.2. The van der Waals surface area contributed by atoms with Gasteiger partial charge in [-0.3, -0.25) is 14.9 Å². The summed E-state index contributed by atoms with van der Waals surface area (Å²) >= 11 is 0.